The van der Waals surface area contributed by atoms with Crippen molar-refractivity contribution in [3.63, 3.8) is 0 Å². The summed E-state index contributed by atoms with van der Waals surface area (Å²) in [6.45, 7) is 1.88. The Kier molecular flexibility index (Phi) is 6.22. The van der Waals surface area contributed by atoms with Crippen LogP contribution in [-0.2, 0) is 22.2 Å². The minimum Gasteiger partial charge on any atom is -0.480 e. The lowest BCUT2D eigenvalue weighted by Crippen LogP contribution is -2.44. The Labute approximate surface area is 153 Å². The molecule has 0 radical (unpaired) electrons. The number of aliphatic hydroxyl groups is 1. The number of hydrogen-bond donors (Lipinski definition) is 3. The minimum atomic E-state index is -4.53. The lowest BCUT2D eigenvalue weighted by Gasteiger charge is -2.18. The molecule has 1 amide bonds. The third-order valence-electron chi connectivity index (χ3n) is 3.98. The Hall–Kier alpha value is -2.87. The third-order valence-corrected chi connectivity index (χ3v) is 3.98. The van der Waals surface area contributed by atoms with E-state index in [1.807, 2.05) is 6.92 Å². The minimum absolute atomic E-state index is 0.00108. The van der Waals surface area contributed by atoms with Crippen LogP contribution in [0.1, 0.15) is 28.4 Å². The summed E-state index contributed by atoms with van der Waals surface area (Å²) in [7, 11) is 0. The number of benzene rings is 2. The van der Waals surface area contributed by atoms with Crippen LogP contribution in [-0.4, -0.2) is 28.1 Å². The van der Waals surface area contributed by atoms with Crippen molar-refractivity contribution in [2.75, 3.05) is 0 Å². The van der Waals surface area contributed by atoms with Gasteiger partial charge in [0.25, 0.3) is 5.91 Å². The molecule has 0 unspecified atom stereocenters. The first-order valence-corrected chi connectivity index (χ1v) is 8.02. The lowest BCUT2D eigenvalue weighted by atomic mass is 10.0. The molecule has 0 saturated carbocycles. The highest BCUT2D eigenvalue weighted by Crippen LogP contribution is 2.30. The van der Waals surface area contributed by atoms with E-state index in [9.17, 15) is 33.0 Å². The van der Waals surface area contributed by atoms with Gasteiger partial charge in [0, 0.05) is 6.42 Å². The second kappa shape index (κ2) is 8.22. The lowest BCUT2D eigenvalue weighted by molar-refractivity contribution is -0.143. The smallest absolute Gasteiger partial charge is 0.416 e. The summed E-state index contributed by atoms with van der Waals surface area (Å²) in [5, 5.41) is 21.5. The normalized spacial score (nSPS) is 13.7. The van der Waals surface area contributed by atoms with E-state index < -0.39 is 35.8 Å². The molecule has 2 aromatic rings. The standard InChI is InChI=1S/C19H18F3NO4/c1-11-2-4-12(5-3-11)10-15(18(26)27)23-17(25)16(24)13-6-8-14(9-7-13)19(20,21)22/h2-9,15-16,24H,10H2,1H3,(H,23,25)(H,26,27)/t15-,16+/m0/s1. The van der Waals surface area contributed by atoms with Gasteiger partial charge in [0.2, 0.25) is 0 Å². The summed E-state index contributed by atoms with van der Waals surface area (Å²) in [5.74, 6) is -2.29. The number of carbonyl (C=O) groups excluding carboxylic acids is 1. The van der Waals surface area contributed by atoms with Gasteiger partial charge in [-0.1, -0.05) is 42.0 Å². The first kappa shape index (κ1) is 20.4. The molecule has 0 aliphatic rings. The molecule has 0 spiro atoms. The number of aliphatic carboxylic acids is 1. The number of amides is 1. The summed E-state index contributed by atoms with van der Waals surface area (Å²) in [5.41, 5.74) is 0.686. The molecule has 0 aliphatic heterocycles. The fourth-order valence-corrected chi connectivity index (χ4v) is 2.42. The molecular formula is C19H18F3NO4. The highest BCUT2D eigenvalue weighted by atomic mass is 19.4. The van der Waals surface area contributed by atoms with Crippen LogP contribution < -0.4 is 5.32 Å². The van der Waals surface area contributed by atoms with Gasteiger partial charge in [-0.3, -0.25) is 4.79 Å². The van der Waals surface area contributed by atoms with Crippen molar-refractivity contribution in [1.29, 1.82) is 0 Å². The van der Waals surface area contributed by atoms with E-state index in [4.69, 9.17) is 0 Å². The van der Waals surface area contributed by atoms with E-state index >= 15 is 0 Å². The average Bonchev–Trinajstić information content (AvgIpc) is 2.61. The number of aryl methyl sites for hydroxylation is 1. The highest BCUT2D eigenvalue weighted by molar-refractivity contribution is 5.87. The molecule has 0 saturated heterocycles. The van der Waals surface area contributed by atoms with Crippen LogP contribution in [0.25, 0.3) is 0 Å². The molecular weight excluding hydrogens is 363 g/mol. The molecule has 144 valence electrons. The van der Waals surface area contributed by atoms with Gasteiger partial charge in [-0.2, -0.15) is 13.2 Å². The van der Waals surface area contributed by atoms with E-state index in [0.717, 1.165) is 29.8 Å². The van der Waals surface area contributed by atoms with Crippen molar-refractivity contribution in [2.24, 2.45) is 0 Å². The van der Waals surface area contributed by atoms with Crippen LogP contribution in [0.2, 0.25) is 0 Å². The van der Waals surface area contributed by atoms with E-state index in [-0.39, 0.29) is 12.0 Å². The third kappa shape index (κ3) is 5.55. The highest BCUT2D eigenvalue weighted by Gasteiger charge is 2.31. The fraction of sp³-hybridized carbons (Fsp3) is 0.263. The number of carbonyl (C=O) groups is 2. The van der Waals surface area contributed by atoms with Crippen molar-refractivity contribution in [3.8, 4) is 0 Å². The van der Waals surface area contributed by atoms with Crippen molar-refractivity contribution in [1.82, 2.24) is 5.32 Å². The zero-order valence-electron chi connectivity index (χ0n) is 14.3. The molecule has 2 aromatic carbocycles. The quantitative estimate of drug-likeness (QED) is 0.718. The Morgan fingerprint density at radius 1 is 1.04 bits per heavy atom. The van der Waals surface area contributed by atoms with Crippen LogP contribution >= 0.6 is 0 Å². The second-order valence-corrected chi connectivity index (χ2v) is 6.11. The van der Waals surface area contributed by atoms with Crippen LogP contribution in [0.4, 0.5) is 13.2 Å². The molecule has 0 aromatic heterocycles. The maximum Gasteiger partial charge on any atom is 0.416 e. The maximum absolute atomic E-state index is 12.6. The summed E-state index contributed by atoms with van der Waals surface area (Å²) < 4.78 is 37.7. The second-order valence-electron chi connectivity index (χ2n) is 6.11. The number of carboxylic acids is 1. The van der Waals surface area contributed by atoms with Gasteiger partial charge >= 0.3 is 12.1 Å². The molecule has 0 bridgehead atoms. The van der Waals surface area contributed by atoms with Crippen LogP contribution in [0.15, 0.2) is 48.5 Å². The summed E-state index contributed by atoms with van der Waals surface area (Å²) in [6, 6.07) is 9.20. The predicted molar refractivity (Wildman–Crippen MR) is 90.9 cm³/mol. The number of aliphatic hydroxyl groups excluding tert-OH is 1. The van der Waals surface area contributed by atoms with Gasteiger partial charge in [0.15, 0.2) is 6.10 Å². The van der Waals surface area contributed by atoms with Crippen molar-refractivity contribution < 1.29 is 33.0 Å². The van der Waals surface area contributed by atoms with Gasteiger partial charge in [-0.05, 0) is 30.2 Å². The van der Waals surface area contributed by atoms with E-state index in [1.165, 1.54) is 0 Å². The molecule has 3 N–H and O–H groups in total. The first-order valence-electron chi connectivity index (χ1n) is 8.02. The Bertz CT molecular complexity index is 801. The van der Waals surface area contributed by atoms with Gasteiger partial charge in [0.05, 0.1) is 5.56 Å². The molecule has 0 heterocycles. The molecule has 5 nitrogen and oxygen atoms in total. The summed E-state index contributed by atoms with van der Waals surface area (Å²) >= 11 is 0. The van der Waals surface area contributed by atoms with Crippen molar-refractivity contribution in [2.45, 2.75) is 31.7 Å². The molecule has 2 atom stereocenters. The van der Waals surface area contributed by atoms with Gasteiger partial charge < -0.3 is 15.5 Å². The van der Waals surface area contributed by atoms with E-state index in [2.05, 4.69) is 5.32 Å². The number of alkyl halides is 3. The van der Waals surface area contributed by atoms with Crippen molar-refractivity contribution in [3.05, 3.63) is 70.8 Å². The topological polar surface area (TPSA) is 86.6 Å². The van der Waals surface area contributed by atoms with Gasteiger partial charge in [-0.15, -0.1) is 0 Å². The summed E-state index contributed by atoms with van der Waals surface area (Å²) in [6.07, 6.45) is -6.32. The first-order chi connectivity index (χ1) is 12.6. The molecule has 2 rings (SSSR count). The Morgan fingerprint density at radius 3 is 2.07 bits per heavy atom. The molecule has 0 fully saturated rings. The van der Waals surface area contributed by atoms with Gasteiger partial charge in [-0.25, -0.2) is 4.79 Å². The average molecular weight is 381 g/mol. The fourth-order valence-electron chi connectivity index (χ4n) is 2.42. The van der Waals surface area contributed by atoms with E-state index in [1.54, 1.807) is 24.3 Å². The monoisotopic (exact) mass is 381 g/mol. The number of nitrogens with one attached hydrogen (secondary N) is 1. The number of rotatable bonds is 6. The van der Waals surface area contributed by atoms with Crippen molar-refractivity contribution >= 4 is 11.9 Å². The predicted octanol–water partition coefficient (Wildman–Crippen LogP) is 2.86. The Balaban J connectivity index is 2.07. The maximum atomic E-state index is 12.6. The largest absolute Gasteiger partial charge is 0.480 e. The molecule has 8 heteroatoms. The van der Waals surface area contributed by atoms with Gasteiger partial charge in [0.1, 0.15) is 6.04 Å². The zero-order valence-corrected chi connectivity index (χ0v) is 14.3. The number of hydrogen-bond acceptors (Lipinski definition) is 3. The molecule has 0 aliphatic carbocycles. The Morgan fingerprint density at radius 2 is 1.59 bits per heavy atom. The SMILES string of the molecule is Cc1ccc(C[C@H](NC(=O)[C@H](O)c2ccc(C(F)(F)F)cc2)C(=O)O)cc1. The summed E-state index contributed by atoms with van der Waals surface area (Å²) in [4.78, 5) is 23.5. The van der Waals surface area contributed by atoms with Crippen LogP contribution in [0.3, 0.4) is 0 Å². The van der Waals surface area contributed by atoms with E-state index in [0.29, 0.717) is 5.56 Å². The van der Waals surface area contributed by atoms with Crippen LogP contribution in [0, 0.1) is 6.92 Å². The van der Waals surface area contributed by atoms with Crippen LogP contribution in [0.5, 0.6) is 0 Å². The number of halogens is 3. The zero-order chi connectivity index (χ0) is 20.2. The number of carboxylic acid groups (broad SMARTS) is 1. The molecule has 27 heavy (non-hydrogen) atoms.